The molecule has 3 aromatic carbocycles. The summed E-state index contributed by atoms with van der Waals surface area (Å²) in [6, 6.07) is 10.7. The predicted molar refractivity (Wildman–Crippen MR) is 308 cm³/mol. The van der Waals surface area contributed by atoms with E-state index >= 15 is 0 Å². The molecule has 1 aliphatic heterocycles. The highest BCUT2D eigenvalue weighted by molar-refractivity contribution is 5.99. The summed E-state index contributed by atoms with van der Waals surface area (Å²) >= 11 is 0. The van der Waals surface area contributed by atoms with Crippen LogP contribution in [0.15, 0.2) is 91.1 Å². The number of hydrogen-bond acceptors (Lipinski definition) is 14. The Morgan fingerprint density at radius 3 is 1.56 bits per heavy atom. The zero-order valence-electron chi connectivity index (χ0n) is 49.1. The minimum absolute atomic E-state index is 0.0880. The lowest BCUT2D eigenvalue weighted by Crippen LogP contribution is -2.68. The van der Waals surface area contributed by atoms with Crippen LogP contribution in [0.4, 0.5) is 0 Å². The summed E-state index contributed by atoms with van der Waals surface area (Å²) in [5.41, 5.74) is 11.6. The van der Waals surface area contributed by atoms with Crippen LogP contribution < -0.4 is 64.2 Å². The summed E-state index contributed by atoms with van der Waals surface area (Å²) in [7, 11) is 0. The van der Waals surface area contributed by atoms with Crippen LogP contribution in [0.25, 0.3) is 10.9 Å². The van der Waals surface area contributed by atoms with Crippen molar-refractivity contribution < 1.29 is 73.5 Å². The van der Waals surface area contributed by atoms with Crippen molar-refractivity contribution in [2.75, 3.05) is 6.54 Å². The first kappa shape index (κ1) is 67.6. The number of nitrogens with zero attached hydrogens (tertiary/aromatic N) is 1. The summed E-state index contributed by atoms with van der Waals surface area (Å²) in [5, 5.41) is 45.0. The summed E-state index contributed by atoms with van der Waals surface area (Å²) in [4.78, 5) is 167. The fourth-order valence-corrected chi connectivity index (χ4v) is 9.73. The van der Waals surface area contributed by atoms with E-state index in [0.717, 1.165) is 0 Å². The number of amides is 10. The van der Waals surface area contributed by atoms with Gasteiger partial charge in [0, 0.05) is 55.3 Å². The SMILES string of the molecule is CC(C)[C@H](NC(=O)[C@H](CCC(=O)[O-])NC(=O)[C@H](Cc1c[nH]c2ccccc12)NC(=O)[C@H](CCC(N)=O)NC(=O)[C@@H]1CCCN1C(=O)[C@@H](NC(=O)[C@H](C)[NH3+])C(C)C)C(=O)N[C@@H](Cc1ccccc1)C(=O)N[C@@H](Cc1ccccc1)C(=O)N[C@@H](C)C(=O)[O-]. The number of aromatic amines is 1. The maximum Gasteiger partial charge on any atom is 0.278 e. The number of carboxylic acids is 2. The van der Waals surface area contributed by atoms with E-state index in [9.17, 15) is 67.7 Å². The number of nitrogens with two attached hydrogens (primary N) is 1. The van der Waals surface area contributed by atoms with Crippen molar-refractivity contribution in [2.24, 2.45) is 17.6 Å². The van der Waals surface area contributed by atoms with Gasteiger partial charge in [-0.15, -0.1) is 0 Å². The van der Waals surface area contributed by atoms with Gasteiger partial charge in [-0.1, -0.05) is 107 Å². The molecule has 1 saturated heterocycles. The molecule has 0 saturated carbocycles. The van der Waals surface area contributed by atoms with Crippen molar-refractivity contribution in [1.29, 1.82) is 0 Å². The molecule has 0 bridgehead atoms. The summed E-state index contributed by atoms with van der Waals surface area (Å²) in [6.45, 7) is 9.50. The minimum Gasteiger partial charge on any atom is -0.550 e. The number of rotatable bonds is 32. The maximum atomic E-state index is 14.8. The zero-order chi connectivity index (χ0) is 63.4. The van der Waals surface area contributed by atoms with Crippen LogP contribution >= 0.6 is 0 Å². The average Bonchev–Trinajstić information content (AvgIpc) is 4.35. The van der Waals surface area contributed by atoms with Crippen molar-refractivity contribution in [3.05, 3.63) is 108 Å². The van der Waals surface area contributed by atoms with Gasteiger partial charge in [-0.3, -0.25) is 47.9 Å². The maximum absolute atomic E-state index is 14.8. The second-order valence-electron chi connectivity index (χ2n) is 22.3. The number of carboxylic acid groups (broad SMARTS) is 2. The number of quaternary nitrogens is 1. The molecule has 2 heterocycles. The van der Waals surface area contributed by atoms with Gasteiger partial charge in [0.25, 0.3) is 5.91 Å². The number of benzene rings is 3. The number of aromatic nitrogens is 1. The average molecular weight is 1190 g/mol. The standard InChI is InChI=1S/C60H80N12O14/c1-32(2)49(58(83)69-44(29-37-18-11-8-12-19-37)55(80)67-43(28-36-16-9-7-10-17-36)54(79)64-35(6)60(85)86)70-53(78)42(24-26-48(74)75)65-56(81)45(30-38-31-63-40-21-14-13-20-39(38)40)68-52(77)41(23-25-47(62)73)66-57(82)46-22-15-27-72(46)59(84)50(33(3)4)71-51(76)34(5)61/h7-14,16-21,31-35,41-46,49-50,63H,15,22-30,61H2,1-6H3,(H2,62,73)(H,64,79)(H,65,81)(H,66,82)(H,67,80)(H,68,77)(H,69,83)(H,70,78)(H,71,76)(H,74,75)(H,85,86)/p-1/t34-,35-,41-,42-,43-,44-,45-,46-,49-,50-/m0/s1. The van der Waals surface area contributed by atoms with Crippen molar-refractivity contribution >= 4 is 81.9 Å². The summed E-state index contributed by atoms with van der Waals surface area (Å²) < 4.78 is 0. The number of carbonyl (C=O) groups is 12. The molecule has 0 aliphatic carbocycles. The van der Waals surface area contributed by atoms with Crippen LogP contribution in [0.3, 0.4) is 0 Å². The normalized spacial score (nSPS) is 16.2. The third-order valence-corrected chi connectivity index (χ3v) is 14.6. The molecule has 4 aromatic rings. The number of hydrogen-bond donors (Lipinski definition) is 11. The molecule has 26 nitrogen and oxygen atoms in total. The smallest absolute Gasteiger partial charge is 0.278 e. The van der Waals surface area contributed by atoms with Crippen LogP contribution in [-0.4, -0.2) is 148 Å². The lowest BCUT2D eigenvalue weighted by Gasteiger charge is -2.31. The molecule has 464 valence electrons. The summed E-state index contributed by atoms with van der Waals surface area (Å²) in [6.07, 6.45) is -0.475. The van der Waals surface area contributed by atoms with E-state index in [1.54, 1.807) is 126 Å². The Morgan fingerprint density at radius 1 is 0.558 bits per heavy atom. The van der Waals surface area contributed by atoms with Gasteiger partial charge in [-0.25, -0.2) is 0 Å². The minimum atomic E-state index is -1.73. The molecule has 0 spiro atoms. The van der Waals surface area contributed by atoms with Crippen molar-refractivity contribution in [3.8, 4) is 0 Å². The highest BCUT2D eigenvalue weighted by Gasteiger charge is 2.41. The van der Waals surface area contributed by atoms with Gasteiger partial charge in [0.1, 0.15) is 48.3 Å². The number of likely N-dealkylation sites (tertiary alicyclic amines) is 1. The molecule has 5 rings (SSSR count). The number of aliphatic carboxylic acids is 2. The van der Waals surface area contributed by atoms with Crippen LogP contribution in [0.1, 0.15) is 96.8 Å². The number of fused-ring (bicyclic) bond motifs is 1. The van der Waals surface area contributed by atoms with E-state index in [1.165, 1.54) is 11.8 Å². The Kier molecular flexibility index (Phi) is 25.3. The van der Waals surface area contributed by atoms with Crippen LogP contribution in [0.5, 0.6) is 0 Å². The van der Waals surface area contributed by atoms with E-state index in [0.29, 0.717) is 34.0 Å². The molecular formula is C60H79N12O14-. The molecule has 0 unspecified atom stereocenters. The number of primary amides is 1. The molecule has 86 heavy (non-hydrogen) atoms. The fraction of sp³-hybridized carbons (Fsp3) is 0.467. The molecule has 1 aliphatic rings. The Balaban J connectivity index is 1.42. The van der Waals surface area contributed by atoms with E-state index in [-0.39, 0.29) is 44.6 Å². The van der Waals surface area contributed by atoms with Crippen molar-refractivity contribution in [3.63, 3.8) is 0 Å². The molecule has 10 atom stereocenters. The predicted octanol–water partition coefficient (Wildman–Crippen LogP) is -3.43. The molecule has 0 radical (unpaired) electrons. The molecule has 26 heteroatoms. The second kappa shape index (κ2) is 32.2. The molecule has 1 aromatic heterocycles. The molecule has 14 N–H and O–H groups in total. The third-order valence-electron chi connectivity index (χ3n) is 14.6. The zero-order valence-corrected chi connectivity index (χ0v) is 49.1. The molecular weight excluding hydrogens is 1110 g/mol. The Hall–Kier alpha value is -9.20. The quantitative estimate of drug-likeness (QED) is 0.0227. The van der Waals surface area contributed by atoms with Gasteiger partial charge in [0.15, 0.2) is 6.04 Å². The lowest BCUT2D eigenvalue weighted by molar-refractivity contribution is -0.398. The Labute approximate surface area is 497 Å². The molecule has 10 amide bonds. The van der Waals surface area contributed by atoms with Gasteiger partial charge in [0.2, 0.25) is 53.2 Å². The van der Waals surface area contributed by atoms with Gasteiger partial charge in [0.05, 0.1) is 12.0 Å². The topological polar surface area (TPSA) is 420 Å². The van der Waals surface area contributed by atoms with Crippen molar-refractivity contribution in [1.82, 2.24) is 52.4 Å². The van der Waals surface area contributed by atoms with E-state index in [1.807, 2.05) is 0 Å². The summed E-state index contributed by atoms with van der Waals surface area (Å²) in [5.74, 6) is -12.6. The second-order valence-corrected chi connectivity index (χ2v) is 22.3. The number of carbonyl (C=O) groups excluding carboxylic acids is 12. The fourth-order valence-electron chi connectivity index (χ4n) is 9.73. The first-order valence-electron chi connectivity index (χ1n) is 28.6. The van der Waals surface area contributed by atoms with Crippen LogP contribution in [-0.2, 0) is 76.8 Å². The number of H-pyrrole nitrogens is 1. The van der Waals surface area contributed by atoms with Gasteiger partial charge in [-0.05, 0) is 80.5 Å². The lowest BCUT2D eigenvalue weighted by atomic mass is 9.99. The number of para-hydroxylation sites is 1. The monoisotopic (exact) mass is 1190 g/mol. The van der Waals surface area contributed by atoms with Crippen molar-refractivity contribution in [2.45, 2.75) is 160 Å². The first-order chi connectivity index (χ1) is 40.7. The van der Waals surface area contributed by atoms with Gasteiger partial charge < -0.3 is 83.7 Å². The van der Waals surface area contributed by atoms with Crippen LogP contribution in [0, 0.1) is 11.8 Å². The van der Waals surface area contributed by atoms with E-state index in [2.05, 4.69) is 53.3 Å². The Bertz CT molecular complexity index is 3060. The third kappa shape index (κ3) is 20.0. The first-order valence-corrected chi connectivity index (χ1v) is 28.6. The molecule has 1 fully saturated rings. The largest absolute Gasteiger partial charge is 0.550 e. The Morgan fingerprint density at radius 2 is 1.02 bits per heavy atom. The van der Waals surface area contributed by atoms with Crippen LogP contribution in [0.2, 0.25) is 0 Å². The van der Waals surface area contributed by atoms with E-state index < -0.39 is 157 Å². The van der Waals surface area contributed by atoms with Gasteiger partial charge in [-0.2, -0.15) is 0 Å². The van der Waals surface area contributed by atoms with E-state index in [4.69, 9.17) is 5.73 Å². The highest BCUT2D eigenvalue weighted by atomic mass is 16.4. The highest BCUT2D eigenvalue weighted by Crippen LogP contribution is 2.23. The van der Waals surface area contributed by atoms with Gasteiger partial charge >= 0.3 is 0 Å². The number of nitrogens with one attached hydrogen (secondary N) is 9.